The van der Waals surface area contributed by atoms with E-state index in [0.29, 0.717) is 16.9 Å². The number of hydrogen-bond acceptors (Lipinski definition) is 7. The molecule has 1 heterocycles. The maximum atomic E-state index is 13.0. The third kappa shape index (κ3) is 7.67. The van der Waals surface area contributed by atoms with Gasteiger partial charge in [0.25, 0.3) is 0 Å². The summed E-state index contributed by atoms with van der Waals surface area (Å²) in [6, 6.07) is 0. The molecular formula is C24H40N4O5S2. The van der Waals surface area contributed by atoms with E-state index < -0.39 is 27.3 Å². The fourth-order valence-corrected chi connectivity index (χ4v) is 5.32. The minimum Gasteiger partial charge on any atom is -0.443 e. The molecule has 198 valence electrons. The van der Waals surface area contributed by atoms with Gasteiger partial charge in [-0.1, -0.05) is 27.7 Å². The van der Waals surface area contributed by atoms with Crippen LogP contribution in [0.2, 0.25) is 0 Å². The molecule has 2 rings (SSSR count). The van der Waals surface area contributed by atoms with Gasteiger partial charge in [0.1, 0.15) is 5.60 Å². The third-order valence-corrected chi connectivity index (χ3v) is 7.32. The van der Waals surface area contributed by atoms with Crippen molar-refractivity contribution in [3.05, 3.63) is 16.7 Å². The molecule has 1 aromatic carbocycles. The lowest BCUT2D eigenvalue weighted by Crippen LogP contribution is -2.39. The van der Waals surface area contributed by atoms with Crippen molar-refractivity contribution < 1.29 is 22.7 Å². The van der Waals surface area contributed by atoms with Gasteiger partial charge in [-0.3, -0.25) is 9.52 Å². The average Bonchev–Trinajstić information content (AvgIpc) is 3.09. The smallest absolute Gasteiger partial charge is 0.422 e. The summed E-state index contributed by atoms with van der Waals surface area (Å²) in [6.45, 7) is 17.8. The standard InChI is InChI=1S/C24H40N4O5S2/c1-10-34-14-13-28-12-11-17-15(2)18(26-35(31,32)27-22(30)33-24(7,8)9)16(3)19(20(17)28)25-21(29)23(4,5)6/h26H,10-14H2,1-9H3,(H,25,29)(H,27,30). The minimum absolute atomic E-state index is 0.165. The van der Waals surface area contributed by atoms with Crippen molar-refractivity contribution in [3.63, 3.8) is 0 Å². The van der Waals surface area contributed by atoms with E-state index in [0.717, 1.165) is 47.8 Å². The lowest BCUT2D eigenvalue weighted by molar-refractivity contribution is -0.123. The highest BCUT2D eigenvalue weighted by Crippen LogP contribution is 2.45. The summed E-state index contributed by atoms with van der Waals surface area (Å²) in [5.74, 6) is 1.81. The molecule has 0 spiro atoms. The van der Waals surface area contributed by atoms with Gasteiger partial charge in [0.05, 0.1) is 17.1 Å². The molecule has 0 saturated carbocycles. The Hall–Kier alpha value is -2.14. The Balaban J connectivity index is 2.51. The number of rotatable bonds is 8. The number of fused-ring (bicyclic) bond motifs is 1. The van der Waals surface area contributed by atoms with E-state index in [4.69, 9.17) is 4.74 Å². The topological polar surface area (TPSA) is 117 Å². The third-order valence-electron chi connectivity index (χ3n) is 5.53. The molecule has 35 heavy (non-hydrogen) atoms. The summed E-state index contributed by atoms with van der Waals surface area (Å²) >= 11 is 1.85. The van der Waals surface area contributed by atoms with Crippen LogP contribution < -0.4 is 19.7 Å². The first-order valence-corrected chi connectivity index (χ1v) is 14.4. The van der Waals surface area contributed by atoms with Gasteiger partial charge in [0.2, 0.25) is 5.91 Å². The van der Waals surface area contributed by atoms with Gasteiger partial charge < -0.3 is 15.0 Å². The van der Waals surface area contributed by atoms with Gasteiger partial charge in [-0.25, -0.2) is 9.52 Å². The largest absolute Gasteiger partial charge is 0.443 e. The number of amides is 2. The van der Waals surface area contributed by atoms with Crippen LogP contribution >= 0.6 is 11.8 Å². The van der Waals surface area contributed by atoms with E-state index in [1.807, 2.05) is 44.2 Å². The van der Waals surface area contributed by atoms with E-state index in [1.165, 1.54) is 0 Å². The Morgan fingerprint density at radius 2 is 1.69 bits per heavy atom. The Morgan fingerprint density at radius 1 is 1.06 bits per heavy atom. The summed E-state index contributed by atoms with van der Waals surface area (Å²) in [5.41, 5.74) is 2.74. The van der Waals surface area contributed by atoms with Crippen molar-refractivity contribution in [2.75, 3.05) is 39.5 Å². The molecule has 1 aliphatic rings. The zero-order chi connectivity index (χ0) is 26.8. The van der Waals surface area contributed by atoms with Crippen LogP contribution in [0, 0.1) is 19.3 Å². The van der Waals surface area contributed by atoms with Crippen LogP contribution in [0.5, 0.6) is 0 Å². The van der Waals surface area contributed by atoms with Gasteiger partial charge >= 0.3 is 16.3 Å². The molecule has 0 unspecified atom stereocenters. The monoisotopic (exact) mass is 528 g/mol. The van der Waals surface area contributed by atoms with Gasteiger partial charge in [0.15, 0.2) is 0 Å². The molecule has 0 atom stereocenters. The molecule has 9 nitrogen and oxygen atoms in total. The van der Waals surface area contributed by atoms with Gasteiger partial charge in [-0.15, -0.1) is 0 Å². The van der Waals surface area contributed by atoms with E-state index in [-0.39, 0.29) is 5.91 Å². The van der Waals surface area contributed by atoms with Crippen LogP contribution in [0.3, 0.4) is 0 Å². The highest BCUT2D eigenvalue weighted by atomic mass is 32.2. The van der Waals surface area contributed by atoms with E-state index in [1.54, 1.807) is 27.7 Å². The quantitative estimate of drug-likeness (QED) is 0.423. The molecule has 0 aromatic heterocycles. The number of carbonyl (C=O) groups excluding carboxylic acids is 2. The Morgan fingerprint density at radius 3 is 2.23 bits per heavy atom. The molecule has 0 bridgehead atoms. The molecule has 1 aromatic rings. The number of nitrogens with one attached hydrogen (secondary N) is 3. The maximum absolute atomic E-state index is 13.0. The summed E-state index contributed by atoms with van der Waals surface area (Å²) in [6.07, 6.45) is -0.340. The first kappa shape index (κ1) is 29.1. The summed E-state index contributed by atoms with van der Waals surface area (Å²) in [4.78, 5) is 27.3. The molecular weight excluding hydrogens is 488 g/mol. The van der Waals surface area contributed by atoms with Crippen molar-refractivity contribution in [3.8, 4) is 0 Å². The van der Waals surface area contributed by atoms with Crippen LogP contribution in [-0.4, -0.2) is 50.6 Å². The van der Waals surface area contributed by atoms with Crippen molar-refractivity contribution in [2.45, 2.75) is 74.3 Å². The number of benzene rings is 1. The molecule has 3 N–H and O–H groups in total. The molecule has 11 heteroatoms. The SMILES string of the molecule is CCSCCN1CCc2c(C)c(NS(=O)(=O)NC(=O)OC(C)(C)C)c(C)c(NC(=O)C(C)(C)C)c21. The van der Waals surface area contributed by atoms with Gasteiger partial charge in [-0.2, -0.15) is 20.2 Å². The highest BCUT2D eigenvalue weighted by Gasteiger charge is 2.32. The van der Waals surface area contributed by atoms with Crippen LogP contribution in [0.4, 0.5) is 21.9 Å². The van der Waals surface area contributed by atoms with Crippen LogP contribution in [-0.2, 0) is 26.2 Å². The second-order valence-electron chi connectivity index (χ2n) is 10.7. The maximum Gasteiger partial charge on any atom is 0.422 e. The lowest BCUT2D eigenvalue weighted by Gasteiger charge is -2.28. The number of ether oxygens (including phenoxy) is 1. The molecule has 2 amide bonds. The van der Waals surface area contributed by atoms with Crippen LogP contribution in [0.1, 0.15) is 65.2 Å². The van der Waals surface area contributed by atoms with Gasteiger partial charge in [0, 0.05) is 24.3 Å². The van der Waals surface area contributed by atoms with E-state index in [9.17, 15) is 18.0 Å². The molecule has 1 aliphatic heterocycles. The molecule has 0 saturated heterocycles. The van der Waals surface area contributed by atoms with Crippen molar-refractivity contribution in [2.24, 2.45) is 5.41 Å². The summed E-state index contributed by atoms with van der Waals surface area (Å²) in [7, 11) is -4.28. The van der Waals surface area contributed by atoms with Crippen LogP contribution in [0.15, 0.2) is 0 Å². The van der Waals surface area contributed by atoms with Crippen molar-refractivity contribution in [1.29, 1.82) is 0 Å². The van der Waals surface area contributed by atoms with Crippen molar-refractivity contribution >= 4 is 51.0 Å². The zero-order valence-electron chi connectivity index (χ0n) is 22.3. The summed E-state index contributed by atoms with van der Waals surface area (Å²) in [5, 5.41) is 3.06. The lowest BCUT2D eigenvalue weighted by atomic mass is 9.94. The number of anilines is 3. The number of hydrogen-bond donors (Lipinski definition) is 3. The zero-order valence-corrected chi connectivity index (χ0v) is 24.0. The molecule has 0 aliphatic carbocycles. The Bertz CT molecular complexity index is 1070. The summed E-state index contributed by atoms with van der Waals surface area (Å²) < 4.78 is 35.1. The second-order valence-corrected chi connectivity index (χ2v) is 13.5. The van der Waals surface area contributed by atoms with Crippen molar-refractivity contribution in [1.82, 2.24) is 4.72 Å². The second kappa shape index (κ2) is 10.9. The predicted octanol–water partition coefficient (Wildman–Crippen LogP) is 4.59. The first-order chi connectivity index (χ1) is 16.0. The molecule has 0 radical (unpaired) electrons. The van der Waals surface area contributed by atoms with E-state index in [2.05, 4.69) is 21.9 Å². The predicted molar refractivity (Wildman–Crippen MR) is 145 cm³/mol. The highest BCUT2D eigenvalue weighted by molar-refractivity contribution is 7.99. The Labute approximate surface area is 214 Å². The minimum atomic E-state index is -4.28. The molecule has 0 fully saturated rings. The number of nitrogens with zero attached hydrogens (tertiary/aromatic N) is 1. The first-order valence-electron chi connectivity index (χ1n) is 11.8. The number of carbonyl (C=O) groups is 2. The van der Waals surface area contributed by atoms with Crippen LogP contribution in [0.25, 0.3) is 0 Å². The number of thioether (sulfide) groups is 1. The van der Waals surface area contributed by atoms with Gasteiger partial charge in [-0.05, 0) is 63.5 Å². The fourth-order valence-electron chi connectivity index (χ4n) is 3.79. The average molecular weight is 529 g/mol. The Kier molecular flexibility index (Phi) is 9.03. The normalized spacial score (nSPS) is 13.9. The van der Waals surface area contributed by atoms with E-state index >= 15 is 0 Å². The fraction of sp³-hybridized carbons (Fsp3) is 0.667.